The fourth-order valence-corrected chi connectivity index (χ4v) is 3.58. The van der Waals surface area contributed by atoms with Gasteiger partial charge in [0.05, 0.1) is 10.6 Å². The Hall–Kier alpha value is -0.900. The minimum atomic E-state index is -3.66. The summed E-state index contributed by atoms with van der Waals surface area (Å²) in [5.74, 6) is -0.196. The Morgan fingerprint density at radius 3 is 2.52 bits per heavy atom. The van der Waals surface area contributed by atoms with E-state index < -0.39 is 19.9 Å². The van der Waals surface area contributed by atoms with Crippen LogP contribution in [0.1, 0.15) is 19.0 Å². The molecule has 0 aromatic carbocycles. The van der Waals surface area contributed by atoms with Gasteiger partial charge in [-0.1, -0.05) is 6.92 Å². The van der Waals surface area contributed by atoms with Crippen molar-refractivity contribution in [1.29, 1.82) is 0 Å². The largest absolute Gasteiger partial charge is 0.363 e. The molecule has 122 valence electrons. The average molecular weight is 337 g/mol. The molecule has 2 N–H and O–H groups in total. The standard InChI is InChI=1S/C12H23N3O4S2/c1-4-5-13-9-11-8-12(10-14-11)21(18,19)15(2)6-7-20(3,16)17/h8,10,13-14H,4-7,9H2,1-3H3. The topological polar surface area (TPSA) is 99.3 Å². The molecule has 7 nitrogen and oxygen atoms in total. The van der Waals surface area contributed by atoms with Crippen LogP contribution in [0.4, 0.5) is 0 Å². The predicted octanol–water partition coefficient (Wildman–Crippen LogP) is 0.179. The Balaban J connectivity index is 2.73. The third kappa shape index (κ3) is 5.77. The van der Waals surface area contributed by atoms with Crippen LogP contribution in [-0.4, -0.2) is 58.3 Å². The van der Waals surface area contributed by atoms with Crippen molar-refractivity contribution in [3.05, 3.63) is 18.0 Å². The van der Waals surface area contributed by atoms with Crippen molar-refractivity contribution in [3.63, 3.8) is 0 Å². The highest BCUT2D eigenvalue weighted by molar-refractivity contribution is 7.91. The van der Waals surface area contributed by atoms with E-state index in [0.29, 0.717) is 6.54 Å². The van der Waals surface area contributed by atoms with Crippen LogP contribution < -0.4 is 5.32 Å². The summed E-state index contributed by atoms with van der Waals surface area (Å²) in [4.78, 5) is 3.06. The quantitative estimate of drug-likeness (QED) is 0.626. The smallest absolute Gasteiger partial charge is 0.244 e. The minimum Gasteiger partial charge on any atom is -0.363 e. The van der Waals surface area contributed by atoms with E-state index in [-0.39, 0.29) is 17.2 Å². The monoisotopic (exact) mass is 337 g/mol. The number of sulfonamides is 1. The summed E-state index contributed by atoms with van der Waals surface area (Å²) in [6, 6.07) is 1.56. The zero-order chi connectivity index (χ0) is 16.1. The second-order valence-electron chi connectivity index (χ2n) is 4.99. The maximum absolute atomic E-state index is 12.3. The number of sulfone groups is 1. The average Bonchev–Trinajstić information content (AvgIpc) is 2.84. The maximum Gasteiger partial charge on any atom is 0.244 e. The molecule has 1 aromatic rings. The Morgan fingerprint density at radius 2 is 1.95 bits per heavy atom. The van der Waals surface area contributed by atoms with Gasteiger partial charge in [0, 0.05) is 38.3 Å². The van der Waals surface area contributed by atoms with Crippen LogP contribution in [0.25, 0.3) is 0 Å². The van der Waals surface area contributed by atoms with E-state index in [9.17, 15) is 16.8 Å². The van der Waals surface area contributed by atoms with E-state index in [2.05, 4.69) is 10.3 Å². The number of nitrogens with one attached hydrogen (secondary N) is 2. The van der Waals surface area contributed by atoms with E-state index in [1.54, 1.807) is 6.07 Å². The van der Waals surface area contributed by atoms with Gasteiger partial charge in [0.1, 0.15) is 9.84 Å². The summed E-state index contributed by atoms with van der Waals surface area (Å²) in [6.07, 6.45) is 3.51. The van der Waals surface area contributed by atoms with E-state index in [0.717, 1.165) is 29.2 Å². The summed E-state index contributed by atoms with van der Waals surface area (Å²) in [5.41, 5.74) is 0.776. The molecule has 0 bridgehead atoms. The van der Waals surface area contributed by atoms with Crippen LogP contribution in [-0.2, 0) is 26.4 Å². The van der Waals surface area contributed by atoms with Gasteiger partial charge in [-0.3, -0.25) is 0 Å². The number of aromatic amines is 1. The first-order chi connectivity index (χ1) is 9.66. The number of nitrogens with zero attached hydrogens (tertiary/aromatic N) is 1. The molecule has 1 heterocycles. The first-order valence-corrected chi connectivity index (χ1v) is 10.2. The molecule has 0 aliphatic rings. The van der Waals surface area contributed by atoms with Gasteiger partial charge in [0.15, 0.2) is 0 Å². The molecule has 0 fully saturated rings. The Morgan fingerprint density at radius 1 is 1.29 bits per heavy atom. The molecular formula is C12H23N3O4S2. The Bertz CT molecular complexity index is 650. The highest BCUT2D eigenvalue weighted by Gasteiger charge is 2.22. The van der Waals surface area contributed by atoms with Crippen molar-refractivity contribution in [2.24, 2.45) is 0 Å². The lowest BCUT2D eigenvalue weighted by Gasteiger charge is -2.15. The highest BCUT2D eigenvalue weighted by atomic mass is 32.2. The third-order valence-electron chi connectivity index (χ3n) is 2.94. The minimum absolute atomic E-state index is 0.0598. The molecule has 0 unspecified atom stereocenters. The number of H-pyrrole nitrogens is 1. The number of hydrogen-bond acceptors (Lipinski definition) is 5. The van der Waals surface area contributed by atoms with Crippen LogP contribution in [0.3, 0.4) is 0 Å². The van der Waals surface area contributed by atoms with Crippen molar-refractivity contribution < 1.29 is 16.8 Å². The van der Waals surface area contributed by atoms with Gasteiger partial charge in [-0.25, -0.2) is 16.8 Å². The van der Waals surface area contributed by atoms with Crippen molar-refractivity contribution in [2.75, 3.05) is 32.1 Å². The number of hydrogen-bond donors (Lipinski definition) is 2. The predicted molar refractivity (Wildman–Crippen MR) is 82.3 cm³/mol. The highest BCUT2D eigenvalue weighted by Crippen LogP contribution is 2.15. The fraction of sp³-hybridized carbons (Fsp3) is 0.667. The maximum atomic E-state index is 12.3. The zero-order valence-electron chi connectivity index (χ0n) is 12.6. The number of aromatic nitrogens is 1. The van der Waals surface area contributed by atoms with Crippen molar-refractivity contribution in [3.8, 4) is 0 Å². The van der Waals surface area contributed by atoms with E-state index in [1.165, 1.54) is 13.2 Å². The Kier molecular flexibility index (Phi) is 6.39. The van der Waals surface area contributed by atoms with Crippen LogP contribution in [0, 0.1) is 0 Å². The SMILES string of the molecule is CCCNCc1cc(S(=O)(=O)N(C)CCS(C)(=O)=O)c[nH]1. The molecule has 0 spiro atoms. The first-order valence-electron chi connectivity index (χ1n) is 6.69. The molecule has 1 rings (SSSR count). The van der Waals surface area contributed by atoms with Gasteiger partial charge in [-0.2, -0.15) is 4.31 Å². The molecule has 21 heavy (non-hydrogen) atoms. The molecule has 0 saturated heterocycles. The summed E-state index contributed by atoms with van der Waals surface area (Å²) < 4.78 is 47.9. The van der Waals surface area contributed by atoms with Crippen molar-refractivity contribution in [1.82, 2.24) is 14.6 Å². The van der Waals surface area contributed by atoms with Gasteiger partial charge in [-0.15, -0.1) is 0 Å². The van der Waals surface area contributed by atoms with Gasteiger partial charge in [-0.05, 0) is 19.0 Å². The number of rotatable bonds is 9. The molecule has 0 amide bonds. The summed E-state index contributed by atoms with van der Waals surface area (Å²) in [7, 11) is -5.48. The van der Waals surface area contributed by atoms with Crippen LogP contribution >= 0.6 is 0 Å². The fourth-order valence-electron chi connectivity index (χ4n) is 1.66. The second-order valence-corrected chi connectivity index (χ2v) is 9.30. The lowest BCUT2D eigenvalue weighted by atomic mass is 10.4. The van der Waals surface area contributed by atoms with Crippen molar-refractivity contribution in [2.45, 2.75) is 24.8 Å². The zero-order valence-corrected chi connectivity index (χ0v) is 14.2. The van der Waals surface area contributed by atoms with Crippen molar-refractivity contribution >= 4 is 19.9 Å². The first kappa shape index (κ1) is 18.1. The lowest BCUT2D eigenvalue weighted by molar-refractivity contribution is 0.485. The summed E-state index contributed by atoms with van der Waals surface area (Å²) in [5, 5.41) is 3.17. The third-order valence-corrected chi connectivity index (χ3v) is 5.70. The molecule has 0 aliphatic carbocycles. The summed E-state index contributed by atoms with van der Waals surface area (Å²) >= 11 is 0. The second kappa shape index (κ2) is 7.39. The Labute approximate surface area is 126 Å². The van der Waals surface area contributed by atoms with Crippen LogP contribution in [0.2, 0.25) is 0 Å². The van der Waals surface area contributed by atoms with Gasteiger partial charge < -0.3 is 10.3 Å². The van der Waals surface area contributed by atoms with Gasteiger partial charge in [0.25, 0.3) is 0 Å². The molecular weight excluding hydrogens is 314 g/mol. The van der Waals surface area contributed by atoms with Crippen LogP contribution in [0.15, 0.2) is 17.2 Å². The molecule has 1 aromatic heterocycles. The normalized spacial score (nSPS) is 13.0. The van der Waals surface area contributed by atoms with E-state index in [1.807, 2.05) is 6.92 Å². The van der Waals surface area contributed by atoms with Gasteiger partial charge >= 0.3 is 0 Å². The van der Waals surface area contributed by atoms with E-state index >= 15 is 0 Å². The molecule has 0 atom stereocenters. The molecule has 9 heteroatoms. The molecule has 0 aliphatic heterocycles. The van der Waals surface area contributed by atoms with E-state index in [4.69, 9.17) is 0 Å². The lowest BCUT2D eigenvalue weighted by Crippen LogP contribution is -2.31. The summed E-state index contributed by atoms with van der Waals surface area (Å²) in [6.45, 7) is 3.41. The van der Waals surface area contributed by atoms with Gasteiger partial charge in [0.2, 0.25) is 10.0 Å². The van der Waals surface area contributed by atoms with Crippen LogP contribution in [0.5, 0.6) is 0 Å². The molecule has 0 radical (unpaired) electrons. The molecule has 0 saturated carbocycles.